The molecule has 28 heavy (non-hydrogen) atoms. The van der Waals surface area contributed by atoms with Gasteiger partial charge in [0.1, 0.15) is 0 Å². The summed E-state index contributed by atoms with van der Waals surface area (Å²) in [5, 5.41) is 0. The second-order valence-electron chi connectivity index (χ2n) is 6.81. The number of pyridine rings is 1. The summed E-state index contributed by atoms with van der Waals surface area (Å²) in [5.41, 5.74) is 2.18. The summed E-state index contributed by atoms with van der Waals surface area (Å²) in [6.45, 7) is 3.01. The highest BCUT2D eigenvalue weighted by Crippen LogP contribution is 2.37. The smallest absolute Gasteiger partial charge is 0.260 e. The third-order valence-electron chi connectivity index (χ3n) is 4.92. The minimum Gasteiger partial charge on any atom is -0.493 e. The van der Waals surface area contributed by atoms with Gasteiger partial charge in [-0.25, -0.2) is 0 Å². The Morgan fingerprint density at radius 2 is 1.89 bits per heavy atom. The second kappa shape index (κ2) is 9.35. The number of imide groups is 1. The zero-order valence-corrected chi connectivity index (χ0v) is 16.4. The Kier molecular flexibility index (Phi) is 6.63. The lowest BCUT2D eigenvalue weighted by Crippen LogP contribution is -2.43. The summed E-state index contributed by atoms with van der Waals surface area (Å²) in [4.78, 5) is 31.0. The van der Waals surface area contributed by atoms with E-state index in [1.165, 1.54) is 4.90 Å². The molecule has 0 unspecified atom stereocenters. The third kappa shape index (κ3) is 4.32. The third-order valence-corrected chi connectivity index (χ3v) is 4.92. The number of benzene rings is 1. The van der Waals surface area contributed by atoms with Crippen LogP contribution in [-0.4, -0.2) is 42.0 Å². The Morgan fingerprint density at radius 1 is 1.11 bits per heavy atom. The quantitative estimate of drug-likeness (QED) is 0.491. The van der Waals surface area contributed by atoms with Gasteiger partial charge in [0, 0.05) is 30.1 Å². The maximum atomic E-state index is 13.0. The van der Waals surface area contributed by atoms with E-state index in [-0.39, 0.29) is 18.2 Å². The van der Waals surface area contributed by atoms with Gasteiger partial charge in [-0.3, -0.25) is 19.5 Å². The molecule has 0 bridgehead atoms. The van der Waals surface area contributed by atoms with Gasteiger partial charge in [-0.15, -0.1) is 0 Å². The molecule has 0 saturated carbocycles. The molecule has 0 radical (unpaired) electrons. The minimum atomic E-state index is -0.277. The molecule has 3 rings (SSSR count). The topological polar surface area (TPSA) is 68.7 Å². The first-order valence-electron chi connectivity index (χ1n) is 9.72. The molecule has 1 aromatic heterocycles. The Morgan fingerprint density at radius 3 is 2.61 bits per heavy atom. The van der Waals surface area contributed by atoms with Gasteiger partial charge >= 0.3 is 0 Å². The molecule has 148 valence electrons. The fourth-order valence-corrected chi connectivity index (χ4v) is 3.35. The molecule has 6 nitrogen and oxygen atoms in total. The lowest BCUT2D eigenvalue weighted by atomic mass is 9.96. The maximum absolute atomic E-state index is 13.0. The summed E-state index contributed by atoms with van der Waals surface area (Å²) in [6, 6.07) is 7.24. The normalized spacial score (nSPS) is 13.4. The SMILES string of the molecule is CCCCCOc1c(OC)ccc2c1CC(=O)N(CCc1ccncc1)C2=O. The van der Waals surface area contributed by atoms with Crippen LogP contribution in [0.25, 0.3) is 0 Å². The number of methoxy groups -OCH3 is 1. The Hall–Kier alpha value is -2.89. The Labute approximate surface area is 165 Å². The number of carbonyl (C=O) groups excluding carboxylic acids is 2. The molecule has 0 saturated heterocycles. The van der Waals surface area contributed by atoms with Gasteiger partial charge in [0.2, 0.25) is 5.91 Å². The number of hydrogen-bond acceptors (Lipinski definition) is 5. The molecule has 1 aliphatic rings. The van der Waals surface area contributed by atoms with E-state index >= 15 is 0 Å². The highest BCUT2D eigenvalue weighted by Gasteiger charge is 2.34. The Balaban J connectivity index is 1.80. The van der Waals surface area contributed by atoms with E-state index in [9.17, 15) is 9.59 Å². The summed E-state index contributed by atoms with van der Waals surface area (Å²) >= 11 is 0. The number of carbonyl (C=O) groups is 2. The van der Waals surface area contributed by atoms with Gasteiger partial charge < -0.3 is 9.47 Å². The van der Waals surface area contributed by atoms with Crippen LogP contribution in [0.2, 0.25) is 0 Å². The van der Waals surface area contributed by atoms with E-state index < -0.39 is 0 Å². The van der Waals surface area contributed by atoms with E-state index in [1.54, 1.807) is 31.6 Å². The van der Waals surface area contributed by atoms with E-state index in [4.69, 9.17) is 9.47 Å². The number of hydrogen-bond donors (Lipinski definition) is 0. The van der Waals surface area contributed by atoms with E-state index in [0.29, 0.717) is 42.2 Å². The number of fused-ring (bicyclic) bond motifs is 1. The molecular formula is C22H26N2O4. The molecule has 2 heterocycles. The molecule has 6 heteroatoms. The minimum absolute atomic E-state index is 0.137. The molecule has 1 aromatic carbocycles. The molecular weight excluding hydrogens is 356 g/mol. The van der Waals surface area contributed by atoms with Crippen LogP contribution in [0.4, 0.5) is 0 Å². The zero-order chi connectivity index (χ0) is 19.9. The molecule has 2 aromatic rings. The summed E-state index contributed by atoms with van der Waals surface area (Å²) < 4.78 is 11.3. The second-order valence-corrected chi connectivity index (χ2v) is 6.81. The van der Waals surface area contributed by atoms with Crippen LogP contribution in [0.1, 0.15) is 47.7 Å². The van der Waals surface area contributed by atoms with E-state index in [2.05, 4.69) is 11.9 Å². The van der Waals surface area contributed by atoms with Crippen molar-refractivity contribution in [1.82, 2.24) is 9.88 Å². The van der Waals surface area contributed by atoms with Crippen LogP contribution in [0.3, 0.4) is 0 Å². The fourth-order valence-electron chi connectivity index (χ4n) is 3.35. The van der Waals surface area contributed by atoms with Gasteiger partial charge in [0.25, 0.3) is 5.91 Å². The van der Waals surface area contributed by atoms with E-state index in [1.807, 2.05) is 12.1 Å². The van der Waals surface area contributed by atoms with Crippen LogP contribution in [-0.2, 0) is 17.6 Å². The summed E-state index contributed by atoms with van der Waals surface area (Å²) in [7, 11) is 1.56. The van der Waals surface area contributed by atoms with Gasteiger partial charge in [-0.05, 0) is 42.7 Å². The maximum Gasteiger partial charge on any atom is 0.260 e. The van der Waals surface area contributed by atoms with Crippen LogP contribution in [0.5, 0.6) is 11.5 Å². The van der Waals surface area contributed by atoms with Crippen LogP contribution >= 0.6 is 0 Å². The predicted octanol–water partition coefficient (Wildman–Crippen LogP) is 3.43. The lowest BCUT2D eigenvalue weighted by molar-refractivity contribution is -0.128. The zero-order valence-electron chi connectivity index (χ0n) is 16.4. The first kappa shape index (κ1) is 19.9. The standard InChI is InChI=1S/C22H26N2O4/c1-3-4-5-14-28-21-18-15-20(25)24(13-10-16-8-11-23-12-9-16)22(26)17(18)6-7-19(21)27-2/h6-9,11-12H,3-5,10,13-15H2,1-2H3. The predicted molar refractivity (Wildman–Crippen MR) is 106 cm³/mol. The van der Waals surface area contributed by atoms with Crippen molar-refractivity contribution in [3.63, 3.8) is 0 Å². The first-order valence-corrected chi connectivity index (χ1v) is 9.72. The lowest BCUT2D eigenvalue weighted by Gasteiger charge is -2.28. The summed E-state index contributed by atoms with van der Waals surface area (Å²) in [5.74, 6) is 0.590. The Bertz CT molecular complexity index is 836. The summed E-state index contributed by atoms with van der Waals surface area (Å²) in [6.07, 6.45) is 7.24. The molecule has 0 atom stereocenters. The molecule has 0 fully saturated rings. The number of unbranched alkanes of at least 4 members (excludes halogenated alkanes) is 2. The number of ether oxygens (including phenoxy) is 2. The van der Waals surface area contributed by atoms with Crippen molar-refractivity contribution in [3.05, 3.63) is 53.3 Å². The van der Waals surface area contributed by atoms with Crippen molar-refractivity contribution >= 4 is 11.8 Å². The van der Waals surface area contributed by atoms with Gasteiger partial charge in [-0.2, -0.15) is 0 Å². The number of amides is 2. The molecule has 2 amide bonds. The van der Waals surface area contributed by atoms with E-state index in [0.717, 1.165) is 24.8 Å². The number of rotatable bonds is 9. The van der Waals surface area contributed by atoms with Crippen molar-refractivity contribution in [2.24, 2.45) is 0 Å². The molecule has 0 aliphatic carbocycles. The largest absolute Gasteiger partial charge is 0.493 e. The molecule has 1 aliphatic heterocycles. The van der Waals surface area contributed by atoms with Crippen molar-refractivity contribution in [3.8, 4) is 11.5 Å². The van der Waals surface area contributed by atoms with Crippen LogP contribution < -0.4 is 9.47 Å². The molecule has 0 N–H and O–H groups in total. The van der Waals surface area contributed by atoms with Gasteiger partial charge in [-0.1, -0.05) is 19.8 Å². The van der Waals surface area contributed by atoms with Crippen LogP contribution in [0, 0.1) is 0 Å². The van der Waals surface area contributed by atoms with Crippen molar-refractivity contribution in [1.29, 1.82) is 0 Å². The average Bonchev–Trinajstić information content (AvgIpc) is 2.72. The van der Waals surface area contributed by atoms with Crippen LogP contribution in [0.15, 0.2) is 36.7 Å². The highest BCUT2D eigenvalue weighted by molar-refractivity contribution is 6.10. The highest BCUT2D eigenvalue weighted by atomic mass is 16.5. The van der Waals surface area contributed by atoms with Gasteiger partial charge in [0.05, 0.1) is 20.1 Å². The monoisotopic (exact) mass is 382 g/mol. The van der Waals surface area contributed by atoms with Crippen molar-refractivity contribution in [2.45, 2.75) is 39.0 Å². The first-order chi connectivity index (χ1) is 13.7. The van der Waals surface area contributed by atoms with Crippen molar-refractivity contribution < 1.29 is 19.1 Å². The van der Waals surface area contributed by atoms with Gasteiger partial charge in [0.15, 0.2) is 11.5 Å². The fraction of sp³-hybridized carbons (Fsp3) is 0.409. The number of aromatic nitrogens is 1. The van der Waals surface area contributed by atoms with Crippen molar-refractivity contribution in [2.75, 3.05) is 20.3 Å². The average molecular weight is 382 g/mol. The number of nitrogens with zero attached hydrogens (tertiary/aromatic N) is 2. The molecule has 0 spiro atoms.